The van der Waals surface area contributed by atoms with E-state index in [0.29, 0.717) is 13.0 Å². The summed E-state index contributed by atoms with van der Waals surface area (Å²) >= 11 is 0. The number of anilines is 1. The molecule has 1 N–H and O–H groups in total. The number of rotatable bonds is 7. The molecule has 5 heteroatoms. The highest BCUT2D eigenvalue weighted by Gasteiger charge is 2.24. The molecule has 1 unspecified atom stereocenters. The van der Waals surface area contributed by atoms with Crippen LogP contribution in [0, 0.1) is 0 Å². The predicted molar refractivity (Wildman–Crippen MR) is 85.1 cm³/mol. The lowest BCUT2D eigenvalue weighted by Gasteiger charge is -2.29. The summed E-state index contributed by atoms with van der Waals surface area (Å²) in [6.07, 6.45) is 0.399. The Hall–Kier alpha value is -1.88. The normalized spacial score (nSPS) is 12.0. The average molecular weight is 291 g/mol. The summed E-state index contributed by atoms with van der Waals surface area (Å²) in [5.41, 5.74) is 0.742. The summed E-state index contributed by atoms with van der Waals surface area (Å²) in [6, 6.07) is 8.79. The fraction of sp³-hybridized carbons (Fsp3) is 0.500. The van der Waals surface area contributed by atoms with Gasteiger partial charge in [-0.05, 0) is 33.2 Å². The number of carbonyl (C=O) groups excluding carboxylic acids is 2. The number of benzene rings is 1. The number of nitrogens with one attached hydrogen (secondary N) is 1. The standard InChI is InChI=1S/C16H25N3O2/c1-5-15(20)19(12-11-18(3)4)13(2)16(21)17-14-9-7-6-8-10-14/h6-10,13H,5,11-12H2,1-4H3,(H,17,21). The van der Waals surface area contributed by atoms with E-state index < -0.39 is 6.04 Å². The van der Waals surface area contributed by atoms with Gasteiger partial charge in [-0.2, -0.15) is 0 Å². The van der Waals surface area contributed by atoms with Crippen LogP contribution >= 0.6 is 0 Å². The van der Waals surface area contributed by atoms with Crippen LogP contribution in [0.2, 0.25) is 0 Å². The zero-order valence-electron chi connectivity index (χ0n) is 13.3. The highest BCUT2D eigenvalue weighted by Crippen LogP contribution is 2.09. The maximum atomic E-state index is 12.3. The predicted octanol–water partition coefficient (Wildman–Crippen LogP) is 1.81. The van der Waals surface area contributed by atoms with Gasteiger partial charge in [0.2, 0.25) is 11.8 Å². The van der Waals surface area contributed by atoms with Crippen molar-refractivity contribution < 1.29 is 9.59 Å². The minimum Gasteiger partial charge on any atom is -0.330 e. The van der Waals surface area contributed by atoms with Gasteiger partial charge in [-0.3, -0.25) is 9.59 Å². The summed E-state index contributed by atoms with van der Waals surface area (Å²) < 4.78 is 0. The van der Waals surface area contributed by atoms with E-state index in [1.54, 1.807) is 11.8 Å². The molecule has 1 aromatic carbocycles. The smallest absolute Gasteiger partial charge is 0.246 e. The number of carbonyl (C=O) groups is 2. The second kappa shape index (κ2) is 8.42. The van der Waals surface area contributed by atoms with Crippen LogP contribution in [0.1, 0.15) is 20.3 Å². The molecule has 0 fully saturated rings. The summed E-state index contributed by atoms with van der Waals surface area (Å²) in [6.45, 7) is 4.85. The van der Waals surface area contributed by atoms with Crippen molar-refractivity contribution in [1.29, 1.82) is 0 Å². The van der Waals surface area contributed by atoms with E-state index in [1.165, 1.54) is 0 Å². The first-order valence-electron chi connectivity index (χ1n) is 7.25. The molecule has 0 spiro atoms. The van der Waals surface area contributed by atoms with Crippen LogP contribution in [-0.2, 0) is 9.59 Å². The van der Waals surface area contributed by atoms with Crippen LogP contribution in [0.3, 0.4) is 0 Å². The van der Waals surface area contributed by atoms with E-state index in [9.17, 15) is 9.59 Å². The maximum Gasteiger partial charge on any atom is 0.246 e. The van der Waals surface area contributed by atoms with Crippen LogP contribution in [0.5, 0.6) is 0 Å². The molecule has 0 aliphatic carbocycles. The molecule has 116 valence electrons. The largest absolute Gasteiger partial charge is 0.330 e. The van der Waals surface area contributed by atoms with Crippen molar-refractivity contribution in [2.45, 2.75) is 26.3 Å². The van der Waals surface area contributed by atoms with Gasteiger partial charge in [0.15, 0.2) is 0 Å². The fourth-order valence-corrected chi connectivity index (χ4v) is 1.95. The highest BCUT2D eigenvalue weighted by atomic mass is 16.2. The zero-order valence-corrected chi connectivity index (χ0v) is 13.3. The highest BCUT2D eigenvalue weighted by molar-refractivity contribution is 5.96. The summed E-state index contributed by atoms with van der Waals surface area (Å²) in [5, 5.41) is 2.84. The quantitative estimate of drug-likeness (QED) is 0.833. The number of likely N-dealkylation sites (N-methyl/N-ethyl adjacent to an activating group) is 1. The second-order valence-electron chi connectivity index (χ2n) is 5.28. The Kier molecular flexibility index (Phi) is 6.88. The van der Waals surface area contributed by atoms with Crippen molar-refractivity contribution in [3.05, 3.63) is 30.3 Å². The minimum absolute atomic E-state index is 0.00689. The lowest BCUT2D eigenvalue weighted by Crippen LogP contribution is -2.47. The van der Waals surface area contributed by atoms with E-state index >= 15 is 0 Å². The van der Waals surface area contributed by atoms with Crippen molar-refractivity contribution >= 4 is 17.5 Å². The van der Waals surface area contributed by atoms with Crippen molar-refractivity contribution in [3.8, 4) is 0 Å². The van der Waals surface area contributed by atoms with E-state index in [1.807, 2.05) is 56.3 Å². The molecule has 0 bridgehead atoms. The summed E-state index contributed by atoms with van der Waals surface area (Å²) in [7, 11) is 3.90. The van der Waals surface area contributed by atoms with Gasteiger partial charge in [0.1, 0.15) is 6.04 Å². The molecule has 0 aliphatic heterocycles. The molecule has 0 radical (unpaired) electrons. The van der Waals surface area contributed by atoms with Gasteiger partial charge in [-0.1, -0.05) is 25.1 Å². The van der Waals surface area contributed by atoms with Crippen LogP contribution < -0.4 is 5.32 Å². The lowest BCUT2D eigenvalue weighted by atomic mass is 10.2. The molecule has 2 amide bonds. The van der Waals surface area contributed by atoms with E-state index in [4.69, 9.17) is 0 Å². The molecule has 0 saturated heterocycles. The molecular formula is C16H25N3O2. The Bertz CT molecular complexity index is 460. The Balaban J connectivity index is 2.71. The second-order valence-corrected chi connectivity index (χ2v) is 5.28. The van der Waals surface area contributed by atoms with Gasteiger partial charge >= 0.3 is 0 Å². The maximum absolute atomic E-state index is 12.3. The van der Waals surface area contributed by atoms with Crippen LogP contribution in [0.25, 0.3) is 0 Å². The van der Waals surface area contributed by atoms with Gasteiger partial charge in [-0.15, -0.1) is 0 Å². The van der Waals surface area contributed by atoms with Crippen molar-refractivity contribution in [2.75, 3.05) is 32.5 Å². The molecule has 21 heavy (non-hydrogen) atoms. The first-order valence-corrected chi connectivity index (χ1v) is 7.25. The molecule has 0 aliphatic rings. The van der Waals surface area contributed by atoms with E-state index in [-0.39, 0.29) is 11.8 Å². The average Bonchev–Trinajstić information content (AvgIpc) is 2.47. The topological polar surface area (TPSA) is 52.7 Å². The third-order valence-corrected chi connectivity index (χ3v) is 3.30. The summed E-state index contributed by atoms with van der Waals surface area (Å²) in [4.78, 5) is 28.0. The molecule has 5 nitrogen and oxygen atoms in total. The SMILES string of the molecule is CCC(=O)N(CCN(C)C)C(C)C(=O)Nc1ccccc1. The molecular weight excluding hydrogens is 266 g/mol. The van der Waals surface area contributed by atoms with Gasteiger partial charge in [0.25, 0.3) is 0 Å². The Morgan fingerprint density at radius 1 is 1.14 bits per heavy atom. The third kappa shape index (κ3) is 5.55. The third-order valence-electron chi connectivity index (χ3n) is 3.30. The van der Waals surface area contributed by atoms with Gasteiger partial charge < -0.3 is 15.1 Å². The Morgan fingerprint density at radius 2 is 1.76 bits per heavy atom. The van der Waals surface area contributed by atoms with Crippen molar-refractivity contribution in [3.63, 3.8) is 0 Å². The Labute approximate surface area is 126 Å². The first-order chi connectivity index (χ1) is 9.95. The molecule has 1 aromatic rings. The van der Waals surface area contributed by atoms with Crippen LogP contribution in [0.15, 0.2) is 30.3 Å². The molecule has 0 aromatic heterocycles. The van der Waals surface area contributed by atoms with Crippen LogP contribution in [0.4, 0.5) is 5.69 Å². The number of hydrogen-bond acceptors (Lipinski definition) is 3. The van der Waals surface area contributed by atoms with E-state index in [2.05, 4.69) is 5.32 Å². The lowest BCUT2D eigenvalue weighted by molar-refractivity contribution is -0.138. The van der Waals surface area contributed by atoms with E-state index in [0.717, 1.165) is 12.2 Å². The monoisotopic (exact) mass is 291 g/mol. The molecule has 1 rings (SSSR count). The van der Waals surface area contributed by atoms with Crippen molar-refractivity contribution in [1.82, 2.24) is 9.80 Å². The first kappa shape index (κ1) is 17.2. The minimum atomic E-state index is -0.488. The zero-order chi connectivity index (χ0) is 15.8. The molecule has 1 atom stereocenters. The molecule has 0 heterocycles. The number of para-hydroxylation sites is 1. The summed E-state index contributed by atoms with van der Waals surface area (Å²) in [5.74, 6) is -0.172. The van der Waals surface area contributed by atoms with Gasteiger partial charge in [0, 0.05) is 25.2 Å². The number of amides is 2. The number of hydrogen-bond donors (Lipinski definition) is 1. The van der Waals surface area contributed by atoms with Crippen LogP contribution in [-0.4, -0.2) is 54.8 Å². The fourth-order valence-electron chi connectivity index (χ4n) is 1.95. The Morgan fingerprint density at radius 3 is 2.29 bits per heavy atom. The van der Waals surface area contributed by atoms with Crippen molar-refractivity contribution in [2.24, 2.45) is 0 Å². The molecule has 0 saturated carbocycles. The van der Waals surface area contributed by atoms with Gasteiger partial charge in [-0.25, -0.2) is 0 Å². The number of nitrogens with zero attached hydrogens (tertiary/aromatic N) is 2. The van der Waals surface area contributed by atoms with Gasteiger partial charge in [0.05, 0.1) is 0 Å².